The van der Waals surface area contributed by atoms with Gasteiger partial charge in [-0.3, -0.25) is 4.79 Å². The van der Waals surface area contributed by atoms with Crippen molar-refractivity contribution in [2.45, 2.75) is 0 Å². The van der Waals surface area contributed by atoms with Gasteiger partial charge in [-0.05, 0) is 23.8 Å². The zero-order chi connectivity index (χ0) is 10.6. The summed E-state index contributed by atoms with van der Waals surface area (Å²) in [4.78, 5) is 20.9. The molecule has 1 aromatic carbocycles. The van der Waals surface area contributed by atoms with Crippen LogP contribution >= 0.6 is 15.9 Å². The molecule has 4 heteroatoms. The van der Waals surface area contributed by atoms with Crippen molar-refractivity contribution in [3.8, 4) is 0 Å². The van der Waals surface area contributed by atoms with Crippen molar-refractivity contribution in [1.29, 1.82) is 0 Å². The van der Waals surface area contributed by atoms with Crippen LogP contribution in [0.15, 0.2) is 34.8 Å². The van der Waals surface area contributed by atoms with Gasteiger partial charge in [-0.25, -0.2) is 4.79 Å². The van der Waals surface area contributed by atoms with Gasteiger partial charge in [-0.15, -0.1) is 0 Å². The van der Waals surface area contributed by atoms with E-state index in [0.29, 0.717) is 0 Å². The maximum absolute atomic E-state index is 10.7. The molecule has 0 bridgehead atoms. The Labute approximate surface area is 89.2 Å². The lowest BCUT2D eigenvalue weighted by atomic mass is 10.2. The Kier molecular flexibility index (Phi) is 3.59. The first-order valence-electron chi connectivity index (χ1n) is 3.80. The number of halogens is 1. The van der Waals surface area contributed by atoms with Crippen molar-refractivity contribution in [1.82, 2.24) is 0 Å². The lowest BCUT2D eigenvalue weighted by molar-refractivity contribution is -0.146. The zero-order valence-electron chi connectivity index (χ0n) is 7.11. The quantitative estimate of drug-likeness (QED) is 0.664. The van der Waals surface area contributed by atoms with Crippen LogP contribution in [0, 0.1) is 0 Å². The van der Waals surface area contributed by atoms with Crippen LogP contribution in [0.4, 0.5) is 0 Å². The second-order valence-corrected chi connectivity index (χ2v) is 3.47. The zero-order valence-corrected chi connectivity index (χ0v) is 8.69. The minimum Gasteiger partial charge on any atom is -0.475 e. The number of benzene rings is 1. The Morgan fingerprint density at radius 2 is 1.79 bits per heavy atom. The second-order valence-electron chi connectivity index (χ2n) is 2.55. The number of hydrogen-bond donors (Lipinski definition) is 1. The normalized spacial score (nSPS) is 10.4. The van der Waals surface area contributed by atoms with Crippen LogP contribution in [0.3, 0.4) is 0 Å². The van der Waals surface area contributed by atoms with Crippen LogP contribution in [-0.2, 0) is 9.59 Å². The smallest absolute Gasteiger partial charge is 0.376 e. The Balaban J connectivity index is 2.74. The molecule has 0 heterocycles. The summed E-state index contributed by atoms with van der Waals surface area (Å²) in [5.74, 6) is -2.37. The maximum atomic E-state index is 10.7. The van der Waals surface area contributed by atoms with Crippen molar-refractivity contribution in [2.24, 2.45) is 0 Å². The van der Waals surface area contributed by atoms with Gasteiger partial charge in [-0.1, -0.05) is 34.1 Å². The number of ketones is 1. The average Bonchev–Trinajstić information content (AvgIpc) is 2.16. The van der Waals surface area contributed by atoms with Gasteiger partial charge in [0.25, 0.3) is 5.78 Å². The minimum atomic E-state index is -1.45. The van der Waals surface area contributed by atoms with E-state index >= 15 is 0 Å². The molecule has 0 aromatic heterocycles. The summed E-state index contributed by atoms with van der Waals surface area (Å²) in [7, 11) is 0. The molecule has 72 valence electrons. The fourth-order valence-corrected chi connectivity index (χ4v) is 1.08. The SMILES string of the molecule is O=C(O)C(=O)C=Cc1ccc(Br)cc1. The molecule has 0 saturated carbocycles. The minimum absolute atomic E-state index is 0.780. The van der Waals surface area contributed by atoms with Crippen molar-refractivity contribution in [3.63, 3.8) is 0 Å². The molecule has 1 rings (SSSR count). The van der Waals surface area contributed by atoms with Crippen molar-refractivity contribution in [3.05, 3.63) is 40.4 Å². The molecular formula is C10H7BrO3. The number of hydrogen-bond acceptors (Lipinski definition) is 2. The topological polar surface area (TPSA) is 54.4 Å². The highest BCUT2D eigenvalue weighted by molar-refractivity contribution is 9.10. The summed E-state index contributed by atoms with van der Waals surface area (Å²) < 4.78 is 0.930. The molecular weight excluding hydrogens is 248 g/mol. The average molecular weight is 255 g/mol. The first-order valence-corrected chi connectivity index (χ1v) is 4.60. The summed E-state index contributed by atoms with van der Waals surface area (Å²) in [5, 5.41) is 8.30. The molecule has 0 unspecified atom stereocenters. The third kappa shape index (κ3) is 3.14. The predicted molar refractivity (Wildman–Crippen MR) is 55.8 cm³/mol. The highest BCUT2D eigenvalue weighted by Gasteiger charge is 2.04. The summed E-state index contributed by atoms with van der Waals surface area (Å²) in [6.07, 6.45) is 2.49. The van der Waals surface area contributed by atoms with E-state index in [4.69, 9.17) is 5.11 Å². The molecule has 0 atom stereocenters. The molecule has 0 aliphatic rings. The molecule has 14 heavy (non-hydrogen) atoms. The van der Waals surface area contributed by atoms with E-state index in [-0.39, 0.29) is 0 Å². The molecule has 0 saturated heterocycles. The van der Waals surface area contributed by atoms with E-state index in [1.165, 1.54) is 6.08 Å². The molecule has 1 N–H and O–H groups in total. The van der Waals surface area contributed by atoms with E-state index in [1.54, 1.807) is 12.1 Å². The third-order valence-electron chi connectivity index (χ3n) is 1.51. The Morgan fingerprint density at radius 1 is 1.21 bits per heavy atom. The first-order chi connectivity index (χ1) is 6.59. The Bertz CT molecular complexity index is 379. The number of rotatable bonds is 3. The summed E-state index contributed by atoms with van der Waals surface area (Å²) in [6, 6.07) is 7.17. The van der Waals surface area contributed by atoms with E-state index < -0.39 is 11.8 Å². The Morgan fingerprint density at radius 3 is 2.29 bits per heavy atom. The predicted octanol–water partition coefficient (Wildman–Crippen LogP) is 2.12. The molecule has 0 aliphatic heterocycles. The van der Waals surface area contributed by atoms with E-state index in [2.05, 4.69) is 15.9 Å². The van der Waals surface area contributed by atoms with Gasteiger partial charge in [0, 0.05) is 4.47 Å². The van der Waals surface area contributed by atoms with Crippen molar-refractivity contribution >= 4 is 33.8 Å². The highest BCUT2D eigenvalue weighted by Crippen LogP contribution is 2.11. The third-order valence-corrected chi connectivity index (χ3v) is 2.04. The van der Waals surface area contributed by atoms with Gasteiger partial charge in [0.2, 0.25) is 0 Å². The van der Waals surface area contributed by atoms with Gasteiger partial charge in [0.1, 0.15) is 0 Å². The van der Waals surface area contributed by atoms with E-state index in [1.807, 2.05) is 12.1 Å². The summed E-state index contributed by atoms with van der Waals surface area (Å²) in [5.41, 5.74) is 0.780. The monoisotopic (exact) mass is 254 g/mol. The van der Waals surface area contributed by atoms with Crippen LogP contribution in [0.25, 0.3) is 6.08 Å². The molecule has 0 fully saturated rings. The second kappa shape index (κ2) is 4.72. The highest BCUT2D eigenvalue weighted by atomic mass is 79.9. The maximum Gasteiger partial charge on any atom is 0.376 e. The van der Waals surface area contributed by atoms with Crippen LogP contribution in [0.1, 0.15) is 5.56 Å². The van der Waals surface area contributed by atoms with Crippen LogP contribution in [0.5, 0.6) is 0 Å². The van der Waals surface area contributed by atoms with Crippen molar-refractivity contribution < 1.29 is 14.7 Å². The van der Waals surface area contributed by atoms with Gasteiger partial charge in [0.05, 0.1) is 0 Å². The number of carboxylic acids is 1. The van der Waals surface area contributed by atoms with Crippen LogP contribution in [0.2, 0.25) is 0 Å². The summed E-state index contributed by atoms with van der Waals surface area (Å²) >= 11 is 3.26. The fourth-order valence-electron chi connectivity index (χ4n) is 0.817. The largest absolute Gasteiger partial charge is 0.475 e. The number of aliphatic carboxylic acids is 1. The van der Waals surface area contributed by atoms with E-state index in [0.717, 1.165) is 16.1 Å². The van der Waals surface area contributed by atoms with Gasteiger partial charge in [0.15, 0.2) is 0 Å². The lowest BCUT2D eigenvalue weighted by Gasteiger charge is -1.92. The van der Waals surface area contributed by atoms with Crippen molar-refractivity contribution in [2.75, 3.05) is 0 Å². The van der Waals surface area contributed by atoms with Crippen LogP contribution < -0.4 is 0 Å². The molecule has 0 amide bonds. The molecule has 0 radical (unpaired) electrons. The number of carboxylic acid groups (broad SMARTS) is 1. The van der Waals surface area contributed by atoms with E-state index in [9.17, 15) is 9.59 Å². The Hall–Kier alpha value is -1.42. The molecule has 3 nitrogen and oxygen atoms in total. The standard InChI is InChI=1S/C10H7BrO3/c11-8-4-1-7(2-5-8)3-6-9(12)10(13)14/h1-6H,(H,13,14). The van der Waals surface area contributed by atoms with Crippen LogP contribution in [-0.4, -0.2) is 16.9 Å². The molecule has 0 aliphatic carbocycles. The number of carbonyl (C=O) groups excluding carboxylic acids is 1. The van der Waals surface area contributed by atoms with Gasteiger partial charge < -0.3 is 5.11 Å². The van der Waals surface area contributed by atoms with Gasteiger partial charge in [-0.2, -0.15) is 0 Å². The molecule has 1 aromatic rings. The number of carbonyl (C=O) groups is 2. The van der Waals surface area contributed by atoms with Gasteiger partial charge >= 0.3 is 5.97 Å². The molecule has 0 spiro atoms. The lowest BCUT2D eigenvalue weighted by Crippen LogP contribution is -2.08. The first kappa shape index (κ1) is 10.7. The summed E-state index contributed by atoms with van der Waals surface area (Å²) in [6.45, 7) is 0. The fraction of sp³-hybridized carbons (Fsp3) is 0.